The zero-order valence-corrected chi connectivity index (χ0v) is 13.2. The van der Waals surface area contributed by atoms with E-state index in [1.54, 1.807) is 29.0 Å². The second-order valence-corrected chi connectivity index (χ2v) is 6.28. The van der Waals surface area contributed by atoms with Crippen molar-refractivity contribution in [1.82, 2.24) is 24.9 Å². The van der Waals surface area contributed by atoms with Crippen molar-refractivity contribution in [2.75, 3.05) is 26.7 Å². The molecule has 2 aliphatic rings. The maximum Gasteiger partial charge on any atom is 0.317 e. The molecule has 3 heterocycles. The van der Waals surface area contributed by atoms with E-state index in [0.29, 0.717) is 25.3 Å². The van der Waals surface area contributed by atoms with Crippen molar-refractivity contribution >= 4 is 11.9 Å². The number of amides is 3. The summed E-state index contributed by atoms with van der Waals surface area (Å²) in [5.41, 5.74) is 0.315. The number of nitrogens with one attached hydrogen (secondary N) is 2. The molecule has 1 aromatic heterocycles. The summed E-state index contributed by atoms with van der Waals surface area (Å²) in [6.45, 7) is 1.45. The van der Waals surface area contributed by atoms with Crippen LogP contribution in [0.2, 0.25) is 0 Å². The van der Waals surface area contributed by atoms with Crippen LogP contribution < -0.4 is 10.9 Å². The first-order valence-electron chi connectivity index (χ1n) is 7.69. The molecule has 8 nitrogen and oxygen atoms in total. The molecule has 24 heavy (non-hydrogen) atoms. The maximum atomic E-state index is 12.6. The van der Waals surface area contributed by atoms with Gasteiger partial charge in [-0.25, -0.2) is 9.48 Å². The number of hydrogen-bond acceptors (Lipinski definition) is 3. The number of rotatable bonds is 2. The molecule has 1 aromatic carbocycles. The molecule has 2 fully saturated rings. The van der Waals surface area contributed by atoms with E-state index in [1.165, 1.54) is 10.7 Å². The van der Waals surface area contributed by atoms with Gasteiger partial charge in [0, 0.05) is 32.7 Å². The van der Waals surface area contributed by atoms with Crippen molar-refractivity contribution in [3.05, 3.63) is 52.4 Å². The van der Waals surface area contributed by atoms with Crippen LogP contribution in [0.15, 0.2) is 41.2 Å². The second kappa shape index (κ2) is 4.98. The number of urea groups is 1. The van der Waals surface area contributed by atoms with Gasteiger partial charge in [-0.2, -0.15) is 0 Å². The van der Waals surface area contributed by atoms with Crippen LogP contribution in [0, 0.1) is 0 Å². The first-order valence-corrected chi connectivity index (χ1v) is 7.69. The fourth-order valence-electron chi connectivity index (χ4n) is 3.27. The van der Waals surface area contributed by atoms with Gasteiger partial charge in [0.2, 0.25) is 0 Å². The number of likely N-dealkylation sites (tertiary alicyclic amines) is 1. The number of aromatic nitrogens is 2. The molecule has 0 unspecified atom stereocenters. The third-order valence-corrected chi connectivity index (χ3v) is 4.81. The van der Waals surface area contributed by atoms with Gasteiger partial charge in [0.15, 0.2) is 0 Å². The maximum absolute atomic E-state index is 12.6. The zero-order valence-electron chi connectivity index (χ0n) is 13.2. The summed E-state index contributed by atoms with van der Waals surface area (Å²) in [4.78, 5) is 39.6. The number of carbonyl (C=O) groups excluding carboxylic acids is 2. The Bertz CT molecular complexity index is 863. The lowest BCUT2D eigenvalue weighted by atomic mass is 9.89. The Labute approximate surface area is 137 Å². The van der Waals surface area contributed by atoms with E-state index < -0.39 is 0 Å². The lowest BCUT2D eigenvalue weighted by Gasteiger charge is -2.50. The van der Waals surface area contributed by atoms with Gasteiger partial charge in [0.05, 0.1) is 11.2 Å². The van der Waals surface area contributed by atoms with E-state index in [4.69, 9.17) is 0 Å². The van der Waals surface area contributed by atoms with Gasteiger partial charge >= 0.3 is 6.03 Å². The minimum atomic E-state index is -0.324. The summed E-state index contributed by atoms with van der Waals surface area (Å²) in [5.74, 6) is -0.236. The zero-order chi connectivity index (χ0) is 16.9. The van der Waals surface area contributed by atoms with Gasteiger partial charge in [-0.15, -0.1) is 0 Å². The smallest absolute Gasteiger partial charge is 0.317 e. The Morgan fingerprint density at radius 3 is 2.50 bits per heavy atom. The Balaban J connectivity index is 1.53. The number of aromatic amines is 1. The highest BCUT2D eigenvalue weighted by atomic mass is 16.2. The van der Waals surface area contributed by atoms with Crippen LogP contribution in [-0.4, -0.2) is 63.7 Å². The summed E-state index contributed by atoms with van der Waals surface area (Å²) in [6, 6.07) is 10.3. The van der Waals surface area contributed by atoms with E-state index in [2.05, 4.69) is 10.4 Å². The van der Waals surface area contributed by atoms with Crippen LogP contribution >= 0.6 is 0 Å². The summed E-state index contributed by atoms with van der Waals surface area (Å²) in [6.07, 6.45) is 0. The van der Waals surface area contributed by atoms with E-state index in [0.717, 1.165) is 0 Å². The molecule has 0 bridgehead atoms. The van der Waals surface area contributed by atoms with Crippen molar-refractivity contribution in [3.63, 3.8) is 0 Å². The Morgan fingerprint density at radius 1 is 1.17 bits per heavy atom. The normalized spacial score (nSPS) is 18.6. The molecule has 2 aromatic rings. The van der Waals surface area contributed by atoms with E-state index >= 15 is 0 Å². The lowest BCUT2D eigenvalue weighted by Crippen LogP contribution is -2.70. The summed E-state index contributed by atoms with van der Waals surface area (Å²) >= 11 is 0. The van der Waals surface area contributed by atoms with Gasteiger partial charge in [-0.1, -0.05) is 18.2 Å². The molecular formula is C16H17N5O3. The molecule has 4 rings (SSSR count). The van der Waals surface area contributed by atoms with Crippen LogP contribution in [0.5, 0.6) is 0 Å². The molecule has 1 spiro atoms. The third kappa shape index (κ3) is 2.03. The number of nitrogens with zero attached hydrogens (tertiary/aromatic N) is 3. The van der Waals surface area contributed by atoms with Crippen LogP contribution in [-0.2, 0) is 0 Å². The number of benzene rings is 1. The molecule has 8 heteroatoms. The van der Waals surface area contributed by atoms with Crippen molar-refractivity contribution in [1.29, 1.82) is 0 Å². The van der Waals surface area contributed by atoms with Gasteiger partial charge in [-0.05, 0) is 12.1 Å². The molecule has 0 aliphatic carbocycles. The van der Waals surface area contributed by atoms with Crippen LogP contribution in [0.1, 0.15) is 10.5 Å². The van der Waals surface area contributed by atoms with Crippen molar-refractivity contribution in [2.45, 2.75) is 5.54 Å². The van der Waals surface area contributed by atoms with Crippen molar-refractivity contribution in [3.8, 4) is 5.69 Å². The summed E-state index contributed by atoms with van der Waals surface area (Å²) in [7, 11) is 1.73. The predicted molar refractivity (Wildman–Crippen MR) is 86.2 cm³/mol. The Morgan fingerprint density at radius 2 is 1.88 bits per heavy atom. The largest absolute Gasteiger partial charge is 0.335 e. The highest BCUT2D eigenvalue weighted by Crippen LogP contribution is 2.30. The molecule has 3 amide bonds. The molecule has 2 aliphatic heterocycles. The molecule has 0 atom stereocenters. The van der Waals surface area contributed by atoms with E-state index in [9.17, 15) is 14.4 Å². The molecule has 0 radical (unpaired) electrons. The molecular weight excluding hydrogens is 310 g/mol. The minimum absolute atomic E-state index is 0.120. The molecule has 2 saturated heterocycles. The minimum Gasteiger partial charge on any atom is -0.335 e. The highest BCUT2D eigenvalue weighted by molar-refractivity contribution is 5.93. The Hall–Kier alpha value is -3.03. The first kappa shape index (κ1) is 14.6. The van der Waals surface area contributed by atoms with Crippen LogP contribution in [0.25, 0.3) is 5.69 Å². The fourth-order valence-corrected chi connectivity index (χ4v) is 3.27. The monoisotopic (exact) mass is 327 g/mol. The Kier molecular flexibility index (Phi) is 3.02. The third-order valence-electron chi connectivity index (χ3n) is 4.81. The summed E-state index contributed by atoms with van der Waals surface area (Å²) < 4.78 is 1.34. The fraction of sp³-hybridized carbons (Fsp3) is 0.312. The van der Waals surface area contributed by atoms with Crippen LogP contribution in [0.3, 0.4) is 0 Å². The standard InChI is InChI=1S/C16H17N5O3/c1-19-15(24)17-8-16(19)9-20(10-16)14(23)12-7-13(22)21(18-12)11-5-3-2-4-6-11/h2-7,18H,8-10H2,1H3,(H,17,24). The number of carbonyl (C=O) groups is 2. The van der Waals surface area contributed by atoms with E-state index in [1.807, 2.05) is 18.2 Å². The van der Waals surface area contributed by atoms with Crippen molar-refractivity contribution in [2.24, 2.45) is 0 Å². The van der Waals surface area contributed by atoms with Gasteiger partial charge in [0.1, 0.15) is 5.69 Å². The van der Waals surface area contributed by atoms with Crippen molar-refractivity contribution < 1.29 is 9.59 Å². The number of para-hydroxylation sites is 1. The van der Waals surface area contributed by atoms with E-state index in [-0.39, 0.29) is 28.7 Å². The average molecular weight is 327 g/mol. The SMILES string of the molecule is CN1C(=O)NCC12CN(C(=O)c1cc(=O)n(-c3ccccc3)[nH]1)C2. The first-order chi connectivity index (χ1) is 11.5. The number of H-pyrrole nitrogens is 1. The second-order valence-electron chi connectivity index (χ2n) is 6.28. The molecule has 0 saturated carbocycles. The quantitative estimate of drug-likeness (QED) is 0.814. The summed E-state index contributed by atoms with van der Waals surface area (Å²) in [5, 5.41) is 5.65. The van der Waals surface area contributed by atoms with Crippen LogP contribution in [0.4, 0.5) is 4.79 Å². The van der Waals surface area contributed by atoms with Gasteiger partial charge in [-0.3, -0.25) is 14.7 Å². The number of likely N-dealkylation sites (N-methyl/N-ethyl adjacent to an activating group) is 1. The van der Waals surface area contributed by atoms with Gasteiger partial charge < -0.3 is 15.1 Å². The average Bonchev–Trinajstić information content (AvgIpc) is 3.08. The predicted octanol–water partition coefficient (Wildman–Crippen LogP) is 0.0152. The molecule has 2 N–H and O–H groups in total. The number of hydrogen-bond donors (Lipinski definition) is 2. The molecule has 124 valence electrons. The highest BCUT2D eigenvalue weighted by Gasteiger charge is 2.53. The van der Waals surface area contributed by atoms with Gasteiger partial charge in [0.25, 0.3) is 11.5 Å². The topological polar surface area (TPSA) is 90.4 Å². The lowest BCUT2D eigenvalue weighted by molar-refractivity contribution is 0.00732.